The summed E-state index contributed by atoms with van der Waals surface area (Å²) in [6, 6.07) is 31.0. The topological polar surface area (TPSA) is 102 Å². The fourth-order valence-electron chi connectivity index (χ4n) is 6.09. The third-order valence-corrected chi connectivity index (χ3v) is 9.08. The summed E-state index contributed by atoms with van der Waals surface area (Å²) < 4.78 is 62.7. The van der Waals surface area contributed by atoms with Crippen molar-refractivity contribution in [1.29, 1.82) is 0 Å². The van der Waals surface area contributed by atoms with Crippen LogP contribution in [0, 0.1) is 0 Å². The van der Waals surface area contributed by atoms with Gasteiger partial charge in [0, 0.05) is 6.61 Å². The Morgan fingerprint density at radius 3 is 0.810 bits per heavy atom. The molecule has 0 aliphatic heterocycles. The molecule has 11 heteroatoms. The first-order chi connectivity index (χ1) is 28.9. The van der Waals surface area contributed by atoms with Crippen LogP contribution in [0.3, 0.4) is 0 Å². The predicted octanol–water partition coefficient (Wildman–Crippen LogP) is 7.52. The molecular formula is C47H72O11. The van der Waals surface area contributed by atoms with Crippen molar-refractivity contribution in [3.8, 4) is 0 Å². The van der Waals surface area contributed by atoms with Crippen LogP contribution < -0.4 is 0 Å². The molecule has 0 N–H and O–H groups in total. The second kappa shape index (κ2) is 36.1. The van der Waals surface area contributed by atoms with E-state index < -0.39 is 5.60 Å². The fraction of sp³-hybridized carbons (Fsp3) is 0.617. The highest BCUT2D eigenvalue weighted by molar-refractivity contribution is 5.47. The Kier molecular flexibility index (Phi) is 30.9. The minimum atomic E-state index is -0.750. The van der Waals surface area contributed by atoms with E-state index >= 15 is 0 Å². The van der Waals surface area contributed by atoms with E-state index in [4.69, 9.17) is 52.1 Å². The molecule has 0 saturated heterocycles. The molecule has 0 aliphatic rings. The molecule has 3 aromatic carbocycles. The van der Waals surface area contributed by atoms with Gasteiger partial charge < -0.3 is 52.1 Å². The molecule has 0 fully saturated rings. The zero-order chi connectivity index (χ0) is 40.7. The molecule has 0 bridgehead atoms. The summed E-state index contributed by atoms with van der Waals surface area (Å²) >= 11 is 0. The van der Waals surface area contributed by atoms with Crippen LogP contribution in [0.15, 0.2) is 91.0 Å². The molecule has 0 aromatic heterocycles. The van der Waals surface area contributed by atoms with Gasteiger partial charge in [-0.1, -0.05) is 130 Å². The van der Waals surface area contributed by atoms with Crippen molar-refractivity contribution in [3.05, 3.63) is 108 Å². The first-order valence-electron chi connectivity index (χ1n) is 21.5. The van der Waals surface area contributed by atoms with Crippen molar-refractivity contribution in [2.45, 2.75) is 51.0 Å². The summed E-state index contributed by atoms with van der Waals surface area (Å²) in [7, 11) is 0. The summed E-state index contributed by atoms with van der Waals surface area (Å²) in [5.41, 5.74) is 2.46. The van der Waals surface area contributed by atoms with Crippen LogP contribution in [0.5, 0.6) is 0 Å². The molecule has 0 unspecified atom stereocenters. The van der Waals surface area contributed by atoms with E-state index in [-0.39, 0.29) is 0 Å². The molecule has 3 rings (SSSR count). The van der Waals surface area contributed by atoms with Gasteiger partial charge in [-0.3, -0.25) is 0 Å². The Labute approximate surface area is 348 Å². The molecule has 0 heterocycles. The highest BCUT2D eigenvalue weighted by Crippen LogP contribution is 2.40. The lowest BCUT2D eigenvalue weighted by atomic mass is 9.80. The maximum absolute atomic E-state index is 6.74. The maximum Gasteiger partial charge on any atom is 0.143 e. The molecule has 326 valence electrons. The third kappa shape index (κ3) is 23.1. The number of benzene rings is 3. The minimum Gasteiger partial charge on any atom is -0.379 e. The van der Waals surface area contributed by atoms with Crippen LogP contribution >= 0.6 is 0 Å². The van der Waals surface area contributed by atoms with Crippen molar-refractivity contribution in [2.24, 2.45) is 0 Å². The van der Waals surface area contributed by atoms with Crippen LogP contribution in [-0.2, 0) is 57.7 Å². The number of ether oxygens (including phenoxy) is 11. The van der Waals surface area contributed by atoms with Gasteiger partial charge in [-0.15, -0.1) is 0 Å². The standard InChI is InChI=1S/C47H72O11/c1-2-3-4-5-6-16-23-48-24-25-49-26-27-50-28-29-51-30-31-52-32-33-53-34-35-54-36-37-55-38-39-56-40-41-57-42-43-58-47(44-17-10-7-11-18-44,45-19-12-8-13-20-45)46-21-14-9-15-22-46/h7-15,17-22H,2-6,16,23-43H2,1H3. The van der Waals surface area contributed by atoms with Crippen LogP contribution in [0.2, 0.25) is 0 Å². The van der Waals surface area contributed by atoms with Crippen molar-refractivity contribution in [3.63, 3.8) is 0 Å². The zero-order valence-electron chi connectivity index (χ0n) is 35.2. The van der Waals surface area contributed by atoms with Crippen LogP contribution in [0.1, 0.15) is 62.1 Å². The van der Waals surface area contributed by atoms with Crippen LogP contribution in [0.4, 0.5) is 0 Å². The summed E-state index contributed by atoms with van der Waals surface area (Å²) in [6.07, 6.45) is 7.67. The van der Waals surface area contributed by atoms with Crippen molar-refractivity contribution in [1.82, 2.24) is 0 Å². The van der Waals surface area contributed by atoms with E-state index in [0.717, 1.165) is 29.7 Å². The smallest absolute Gasteiger partial charge is 0.143 e. The molecule has 0 atom stereocenters. The minimum absolute atomic E-state index is 0.418. The Balaban J connectivity index is 1.03. The Hall–Kier alpha value is -2.78. The molecule has 11 nitrogen and oxygen atoms in total. The summed E-state index contributed by atoms with van der Waals surface area (Å²) in [5.74, 6) is 0. The average molecular weight is 813 g/mol. The lowest BCUT2D eigenvalue weighted by Gasteiger charge is -2.36. The summed E-state index contributed by atoms with van der Waals surface area (Å²) in [4.78, 5) is 0. The Morgan fingerprint density at radius 2 is 0.517 bits per heavy atom. The van der Waals surface area contributed by atoms with E-state index in [1.165, 1.54) is 32.1 Å². The van der Waals surface area contributed by atoms with E-state index in [0.29, 0.717) is 132 Å². The number of hydrogen-bond donors (Lipinski definition) is 0. The Morgan fingerprint density at radius 1 is 0.276 bits per heavy atom. The molecular weight excluding hydrogens is 741 g/mol. The van der Waals surface area contributed by atoms with Gasteiger partial charge in [0.05, 0.1) is 132 Å². The van der Waals surface area contributed by atoms with Gasteiger partial charge in [0.1, 0.15) is 5.60 Å². The molecule has 0 aliphatic carbocycles. The lowest BCUT2D eigenvalue weighted by molar-refractivity contribution is -0.0399. The van der Waals surface area contributed by atoms with Gasteiger partial charge in [0.25, 0.3) is 0 Å². The van der Waals surface area contributed by atoms with Crippen molar-refractivity contribution < 1.29 is 52.1 Å². The normalized spacial score (nSPS) is 11.7. The second-order valence-corrected chi connectivity index (χ2v) is 13.5. The van der Waals surface area contributed by atoms with Gasteiger partial charge in [-0.25, -0.2) is 0 Å². The summed E-state index contributed by atoms with van der Waals surface area (Å²) in [6.45, 7) is 13.4. The summed E-state index contributed by atoms with van der Waals surface area (Å²) in [5, 5.41) is 0. The van der Waals surface area contributed by atoms with Crippen molar-refractivity contribution in [2.75, 3.05) is 139 Å². The fourth-order valence-corrected chi connectivity index (χ4v) is 6.09. The molecule has 0 amide bonds. The van der Waals surface area contributed by atoms with Gasteiger partial charge in [-0.05, 0) is 23.1 Å². The van der Waals surface area contributed by atoms with Gasteiger partial charge >= 0.3 is 0 Å². The van der Waals surface area contributed by atoms with Gasteiger partial charge in [0.2, 0.25) is 0 Å². The molecule has 0 saturated carbocycles. The highest BCUT2D eigenvalue weighted by Gasteiger charge is 2.37. The molecule has 58 heavy (non-hydrogen) atoms. The number of rotatable bonds is 41. The average Bonchev–Trinajstić information content (AvgIpc) is 3.27. The van der Waals surface area contributed by atoms with E-state index in [1.807, 2.05) is 54.6 Å². The van der Waals surface area contributed by atoms with Crippen molar-refractivity contribution >= 4 is 0 Å². The first kappa shape index (κ1) is 49.6. The van der Waals surface area contributed by atoms with Crippen LogP contribution in [0.25, 0.3) is 0 Å². The second-order valence-electron chi connectivity index (χ2n) is 13.5. The van der Waals surface area contributed by atoms with Crippen LogP contribution in [-0.4, -0.2) is 139 Å². The maximum atomic E-state index is 6.74. The number of hydrogen-bond acceptors (Lipinski definition) is 11. The molecule has 0 spiro atoms. The zero-order valence-corrected chi connectivity index (χ0v) is 35.2. The third-order valence-electron chi connectivity index (χ3n) is 9.08. The van der Waals surface area contributed by atoms with E-state index in [9.17, 15) is 0 Å². The molecule has 0 radical (unpaired) electrons. The largest absolute Gasteiger partial charge is 0.379 e. The highest BCUT2D eigenvalue weighted by atomic mass is 16.6. The predicted molar refractivity (Wildman–Crippen MR) is 227 cm³/mol. The Bertz CT molecular complexity index is 1190. The SMILES string of the molecule is CCCCCCCCOCCOCCOCCOCCOCCOCCOCCOCCOCCOCCOC(c1ccccc1)(c1ccccc1)c1ccccc1. The quantitative estimate of drug-likeness (QED) is 0.0420. The van der Waals surface area contributed by atoms with Gasteiger partial charge in [0.15, 0.2) is 0 Å². The first-order valence-corrected chi connectivity index (χ1v) is 21.5. The van der Waals surface area contributed by atoms with Gasteiger partial charge in [-0.2, -0.15) is 0 Å². The van der Waals surface area contributed by atoms with E-state index in [1.54, 1.807) is 0 Å². The lowest BCUT2D eigenvalue weighted by Crippen LogP contribution is -2.34. The number of unbranched alkanes of at least 4 members (excludes halogenated alkanes) is 5. The molecule has 3 aromatic rings. The van der Waals surface area contributed by atoms with E-state index in [2.05, 4.69) is 43.3 Å². The monoisotopic (exact) mass is 813 g/mol.